The molecule has 94 valence electrons. The van der Waals surface area contributed by atoms with Gasteiger partial charge in [-0.15, -0.1) is 0 Å². The van der Waals surface area contributed by atoms with Gasteiger partial charge in [-0.25, -0.2) is 0 Å². The molecule has 3 aromatic carbocycles. The molecule has 0 amide bonds. The summed E-state index contributed by atoms with van der Waals surface area (Å²) in [6, 6.07) is 20.6. The van der Waals surface area contributed by atoms with E-state index < -0.39 is 0 Å². The van der Waals surface area contributed by atoms with Gasteiger partial charge in [0.2, 0.25) is 0 Å². The Morgan fingerprint density at radius 1 is 0.842 bits per heavy atom. The number of hydrogen-bond acceptors (Lipinski definition) is 2. The van der Waals surface area contributed by atoms with Gasteiger partial charge in [-0.1, -0.05) is 42.5 Å². The normalized spacial score (nSPS) is 10.6. The van der Waals surface area contributed by atoms with Crippen molar-refractivity contribution in [2.24, 2.45) is 0 Å². The Kier molecular flexibility index (Phi) is 2.84. The highest BCUT2D eigenvalue weighted by atomic mass is 14.9. The molecule has 0 aromatic heterocycles. The Morgan fingerprint density at radius 3 is 2.42 bits per heavy atom. The third kappa shape index (κ3) is 2.25. The van der Waals surface area contributed by atoms with Crippen molar-refractivity contribution in [3.8, 4) is 0 Å². The molecule has 3 rings (SSSR count). The highest BCUT2D eigenvalue weighted by Crippen LogP contribution is 2.28. The molecule has 0 aliphatic heterocycles. The van der Waals surface area contributed by atoms with Crippen LogP contribution in [0.25, 0.3) is 10.8 Å². The number of para-hydroxylation sites is 1. The van der Waals surface area contributed by atoms with E-state index in [2.05, 4.69) is 54.7 Å². The van der Waals surface area contributed by atoms with Crippen LogP contribution in [0.15, 0.2) is 60.7 Å². The molecular formula is C17H16N2. The second-order valence-electron chi connectivity index (χ2n) is 4.73. The molecular weight excluding hydrogens is 232 g/mol. The molecule has 0 saturated heterocycles. The largest absolute Gasteiger partial charge is 0.397 e. The zero-order valence-electron chi connectivity index (χ0n) is 10.9. The number of nitrogens with two attached hydrogens (primary N) is 1. The Morgan fingerprint density at radius 2 is 1.63 bits per heavy atom. The van der Waals surface area contributed by atoms with Crippen LogP contribution in [-0.2, 0) is 0 Å². The van der Waals surface area contributed by atoms with Gasteiger partial charge in [0, 0.05) is 5.69 Å². The van der Waals surface area contributed by atoms with E-state index in [9.17, 15) is 0 Å². The molecule has 0 aliphatic carbocycles. The van der Waals surface area contributed by atoms with Gasteiger partial charge in [0.05, 0.1) is 11.4 Å². The number of nitrogens with one attached hydrogen (secondary N) is 1. The predicted molar refractivity (Wildman–Crippen MR) is 82.8 cm³/mol. The van der Waals surface area contributed by atoms with E-state index in [1.807, 2.05) is 18.2 Å². The van der Waals surface area contributed by atoms with E-state index in [4.69, 9.17) is 5.73 Å². The summed E-state index contributed by atoms with van der Waals surface area (Å²) in [7, 11) is 0. The molecule has 0 heterocycles. The molecule has 0 unspecified atom stereocenters. The average molecular weight is 248 g/mol. The number of fused-ring (bicyclic) bond motifs is 1. The van der Waals surface area contributed by atoms with Gasteiger partial charge in [-0.3, -0.25) is 0 Å². The van der Waals surface area contributed by atoms with Gasteiger partial charge in [0.1, 0.15) is 0 Å². The van der Waals surface area contributed by atoms with Gasteiger partial charge in [0.25, 0.3) is 0 Å². The quantitative estimate of drug-likeness (QED) is 0.656. The van der Waals surface area contributed by atoms with Crippen LogP contribution in [-0.4, -0.2) is 0 Å². The summed E-state index contributed by atoms with van der Waals surface area (Å²) >= 11 is 0. The van der Waals surface area contributed by atoms with Crippen molar-refractivity contribution in [3.05, 3.63) is 66.2 Å². The van der Waals surface area contributed by atoms with Gasteiger partial charge in [0.15, 0.2) is 0 Å². The Balaban J connectivity index is 2.01. The SMILES string of the molecule is Cc1cccc(N)c1Nc1ccc2ccccc2c1. The monoisotopic (exact) mass is 248 g/mol. The van der Waals surface area contributed by atoms with Crippen molar-refractivity contribution in [2.75, 3.05) is 11.1 Å². The van der Waals surface area contributed by atoms with Gasteiger partial charge >= 0.3 is 0 Å². The lowest BCUT2D eigenvalue weighted by Crippen LogP contribution is -1.98. The zero-order valence-corrected chi connectivity index (χ0v) is 10.9. The molecule has 0 atom stereocenters. The van der Waals surface area contributed by atoms with Crippen LogP contribution in [0.4, 0.5) is 17.1 Å². The summed E-state index contributed by atoms with van der Waals surface area (Å²) < 4.78 is 0. The van der Waals surface area contributed by atoms with Gasteiger partial charge in [-0.2, -0.15) is 0 Å². The molecule has 3 N–H and O–H groups in total. The fourth-order valence-electron chi connectivity index (χ4n) is 2.27. The summed E-state index contributed by atoms with van der Waals surface area (Å²) in [5.41, 5.74) is 9.98. The third-order valence-electron chi connectivity index (χ3n) is 3.32. The Bertz CT molecular complexity index is 712. The van der Waals surface area contributed by atoms with Gasteiger partial charge in [-0.05, 0) is 41.5 Å². The molecule has 0 fully saturated rings. The molecule has 2 nitrogen and oxygen atoms in total. The van der Waals surface area contributed by atoms with Crippen LogP contribution in [0.2, 0.25) is 0 Å². The lowest BCUT2D eigenvalue weighted by molar-refractivity contribution is 1.44. The minimum Gasteiger partial charge on any atom is -0.397 e. The van der Waals surface area contributed by atoms with Crippen molar-refractivity contribution in [2.45, 2.75) is 6.92 Å². The van der Waals surface area contributed by atoms with E-state index in [1.165, 1.54) is 10.8 Å². The fraction of sp³-hybridized carbons (Fsp3) is 0.0588. The van der Waals surface area contributed by atoms with Crippen molar-refractivity contribution in [3.63, 3.8) is 0 Å². The van der Waals surface area contributed by atoms with E-state index in [-0.39, 0.29) is 0 Å². The minimum absolute atomic E-state index is 0.771. The van der Waals surface area contributed by atoms with E-state index in [0.717, 1.165) is 22.6 Å². The molecule has 3 aromatic rings. The lowest BCUT2D eigenvalue weighted by atomic mass is 10.1. The first kappa shape index (κ1) is 11.6. The molecule has 0 radical (unpaired) electrons. The number of aryl methyl sites for hydroxylation is 1. The Labute approximate surface area is 112 Å². The summed E-state index contributed by atoms with van der Waals surface area (Å²) in [6.45, 7) is 2.06. The molecule has 0 spiro atoms. The van der Waals surface area contributed by atoms with Crippen LogP contribution < -0.4 is 11.1 Å². The average Bonchev–Trinajstić information content (AvgIpc) is 2.43. The first-order valence-corrected chi connectivity index (χ1v) is 6.35. The molecule has 0 bridgehead atoms. The first-order valence-electron chi connectivity index (χ1n) is 6.35. The zero-order chi connectivity index (χ0) is 13.2. The summed E-state index contributed by atoms with van der Waals surface area (Å²) in [5.74, 6) is 0. The number of anilines is 3. The molecule has 0 saturated carbocycles. The maximum absolute atomic E-state index is 6.02. The molecule has 2 heteroatoms. The van der Waals surface area contributed by atoms with E-state index >= 15 is 0 Å². The van der Waals surface area contributed by atoms with Gasteiger partial charge < -0.3 is 11.1 Å². The highest BCUT2D eigenvalue weighted by Gasteiger charge is 2.03. The summed E-state index contributed by atoms with van der Waals surface area (Å²) in [6.07, 6.45) is 0. The van der Waals surface area contributed by atoms with Crippen LogP contribution in [0, 0.1) is 6.92 Å². The smallest absolute Gasteiger partial charge is 0.0647 e. The first-order chi connectivity index (χ1) is 9.24. The number of benzene rings is 3. The van der Waals surface area contributed by atoms with Crippen LogP contribution in [0.1, 0.15) is 5.56 Å². The van der Waals surface area contributed by atoms with Crippen LogP contribution in [0.3, 0.4) is 0 Å². The topological polar surface area (TPSA) is 38.0 Å². The van der Waals surface area contributed by atoms with E-state index in [1.54, 1.807) is 0 Å². The maximum atomic E-state index is 6.02. The van der Waals surface area contributed by atoms with Crippen molar-refractivity contribution < 1.29 is 0 Å². The van der Waals surface area contributed by atoms with Crippen molar-refractivity contribution >= 4 is 27.8 Å². The van der Waals surface area contributed by atoms with Crippen molar-refractivity contribution in [1.82, 2.24) is 0 Å². The fourth-order valence-corrected chi connectivity index (χ4v) is 2.27. The minimum atomic E-state index is 0.771. The summed E-state index contributed by atoms with van der Waals surface area (Å²) in [4.78, 5) is 0. The predicted octanol–water partition coefficient (Wildman–Crippen LogP) is 4.47. The second-order valence-corrected chi connectivity index (χ2v) is 4.73. The maximum Gasteiger partial charge on any atom is 0.0647 e. The third-order valence-corrected chi connectivity index (χ3v) is 3.32. The molecule has 0 aliphatic rings. The molecule has 19 heavy (non-hydrogen) atoms. The van der Waals surface area contributed by atoms with Crippen LogP contribution in [0.5, 0.6) is 0 Å². The van der Waals surface area contributed by atoms with E-state index in [0.29, 0.717) is 0 Å². The number of rotatable bonds is 2. The lowest BCUT2D eigenvalue weighted by Gasteiger charge is -2.12. The highest BCUT2D eigenvalue weighted by molar-refractivity contribution is 5.87. The second kappa shape index (κ2) is 4.65. The van der Waals surface area contributed by atoms with Crippen LogP contribution >= 0.6 is 0 Å². The number of hydrogen-bond donors (Lipinski definition) is 2. The summed E-state index contributed by atoms with van der Waals surface area (Å²) in [5, 5.41) is 5.87. The van der Waals surface area contributed by atoms with Crippen molar-refractivity contribution in [1.29, 1.82) is 0 Å². The number of nitrogen functional groups attached to an aromatic ring is 1. The standard InChI is InChI=1S/C17H16N2/c1-12-5-4-8-16(18)17(12)19-15-10-9-13-6-2-3-7-14(13)11-15/h2-11,19H,18H2,1H3. The Hall–Kier alpha value is -2.48.